The van der Waals surface area contributed by atoms with E-state index in [1.807, 2.05) is 61.5 Å². The van der Waals surface area contributed by atoms with Gasteiger partial charge in [-0.3, -0.25) is 14.2 Å². The highest BCUT2D eigenvalue weighted by molar-refractivity contribution is 7.22. The molecule has 0 aliphatic heterocycles. The summed E-state index contributed by atoms with van der Waals surface area (Å²) in [6.07, 6.45) is 2.12. The molecule has 2 aromatic carbocycles. The molecule has 2 aromatic heterocycles. The fourth-order valence-corrected chi connectivity index (χ4v) is 4.74. The lowest BCUT2D eigenvalue weighted by Crippen LogP contribution is -2.33. The van der Waals surface area contributed by atoms with Gasteiger partial charge in [0.2, 0.25) is 5.91 Å². The van der Waals surface area contributed by atoms with E-state index in [1.54, 1.807) is 0 Å². The second-order valence-electron chi connectivity index (χ2n) is 7.01. The first-order valence-corrected chi connectivity index (χ1v) is 10.8. The molecule has 7 heteroatoms. The highest BCUT2D eigenvalue weighted by Gasteiger charge is 2.16. The van der Waals surface area contributed by atoms with Crippen LogP contribution in [0.15, 0.2) is 65.7 Å². The average Bonchev–Trinajstić information content (AvgIpc) is 3.08. The van der Waals surface area contributed by atoms with Gasteiger partial charge in [0.05, 0.1) is 11.7 Å². The van der Waals surface area contributed by atoms with Gasteiger partial charge in [-0.1, -0.05) is 54.1 Å². The monoisotopic (exact) mass is 437 g/mol. The maximum atomic E-state index is 13.0. The molecule has 2 heterocycles. The van der Waals surface area contributed by atoms with Crippen LogP contribution in [-0.4, -0.2) is 22.0 Å². The summed E-state index contributed by atoms with van der Waals surface area (Å²) >= 11 is 7.48. The molecule has 0 saturated carbocycles. The lowest BCUT2D eigenvalue weighted by Gasteiger charge is -2.08. The first-order chi connectivity index (χ1) is 14.5. The van der Waals surface area contributed by atoms with Crippen LogP contribution < -0.4 is 10.9 Å². The van der Waals surface area contributed by atoms with Crippen LogP contribution in [0.4, 0.5) is 0 Å². The van der Waals surface area contributed by atoms with Gasteiger partial charge in [-0.05, 0) is 42.2 Å². The third-order valence-corrected chi connectivity index (χ3v) is 6.38. The number of amides is 1. The number of rotatable bonds is 6. The quantitative estimate of drug-likeness (QED) is 0.484. The number of nitrogens with zero attached hydrogens (tertiary/aromatic N) is 2. The Morgan fingerprint density at radius 1 is 1.17 bits per heavy atom. The molecule has 0 atom stereocenters. The van der Waals surface area contributed by atoms with Crippen LogP contribution in [0.3, 0.4) is 0 Å². The summed E-state index contributed by atoms with van der Waals surface area (Å²) in [5.41, 5.74) is 2.81. The summed E-state index contributed by atoms with van der Waals surface area (Å²) in [6.45, 7) is 2.34. The number of hydrogen-bond acceptors (Lipinski definition) is 4. The molecule has 0 aliphatic carbocycles. The molecule has 30 heavy (non-hydrogen) atoms. The van der Waals surface area contributed by atoms with Crippen molar-refractivity contribution in [2.24, 2.45) is 0 Å². The maximum Gasteiger partial charge on any atom is 0.262 e. The fraction of sp³-hybridized carbons (Fsp3) is 0.174. The molecule has 4 aromatic rings. The van der Waals surface area contributed by atoms with Crippen LogP contribution in [0.25, 0.3) is 20.7 Å². The van der Waals surface area contributed by atoms with Gasteiger partial charge in [-0.15, -0.1) is 11.3 Å². The second kappa shape index (κ2) is 8.81. The molecule has 0 fully saturated rings. The third-order valence-electron chi connectivity index (χ3n) is 4.89. The van der Waals surface area contributed by atoms with E-state index in [0.717, 1.165) is 21.6 Å². The number of halogens is 1. The molecule has 4 rings (SSSR count). The maximum absolute atomic E-state index is 13.0. The number of aromatic nitrogens is 2. The molecule has 0 radical (unpaired) electrons. The number of nitrogens with one attached hydrogen (secondary N) is 1. The molecule has 1 amide bonds. The zero-order valence-electron chi connectivity index (χ0n) is 16.4. The Kier molecular flexibility index (Phi) is 5.97. The zero-order valence-corrected chi connectivity index (χ0v) is 18.0. The van der Waals surface area contributed by atoms with E-state index >= 15 is 0 Å². The molecule has 1 N–H and O–H groups in total. The van der Waals surface area contributed by atoms with Gasteiger partial charge in [0, 0.05) is 16.4 Å². The minimum absolute atomic E-state index is 0.0622. The third kappa shape index (κ3) is 4.30. The summed E-state index contributed by atoms with van der Waals surface area (Å²) in [7, 11) is 0. The zero-order chi connectivity index (χ0) is 21.1. The Balaban J connectivity index is 1.49. The first-order valence-electron chi connectivity index (χ1n) is 9.58. The largest absolute Gasteiger partial charge is 0.354 e. The van der Waals surface area contributed by atoms with Crippen LogP contribution in [0.2, 0.25) is 5.02 Å². The van der Waals surface area contributed by atoms with Gasteiger partial charge < -0.3 is 5.32 Å². The molecule has 0 spiro atoms. The fourth-order valence-electron chi connectivity index (χ4n) is 3.39. The first kappa shape index (κ1) is 20.3. The summed E-state index contributed by atoms with van der Waals surface area (Å²) in [5.74, 6) is -0.226. The minimum atomic E-state index is -0.226. The van der Waals surface area contributed by atoms with Crippen molar-refractivity contribution in [3.05, 3.63) is 87.4 Å². The van der Waals surface area contributed by atoms with Crippen LogP contribution in [0.1, 0.15) is 11.1 Å². The Bertz CT molecular complexity index is 1260. The predicted octanol–water partition coefficient (Wildman–Crippen LogP) is 4.45. The van der Waals surface area contributed by atoms with Gasteiger partial charge >= 0.3 is 0 Å². The van der Waals surface area contributed by atoms with E-state index in [9.17, 15) is 9.59 Å². The summed E-state index contributed by atoms with van der Waals surface area (Å²) < 4.78 is 1.37. The van der Waals surface area contributed by atoms with Gasteiger partial charge in [0.15, 0.2) is 0 Å². The van der Waals surface area contributed by atoms with Gasteiger partial charge in [0.1, 0.15) is 11.4 Å². The number of carbonyl (C=O) groups excluding carboxylic acids is 1. The van der Waals surface area contributed by atoms with Crippen LogP contribution in [0, 0.1) is 6.92 Å². The molecular formula is C23H20ClN3O2S. The van der Waals surface area contributed by atoms with E-state index in [4.69, 9.17) is 11.6 Å². The van der Waals surface area contributed by atoms with Crippen LogP contribution >= 0.6 is 22.9 Å². The number of aryl methyl sites for hydroxylation is 1. The Morgan fingerprint density at radius 2 is 1.97 bits per heavy atom. The molecule has 5 nitrogen and oxygen atoms in total. The average molecular weight is 438 g/mol. The van der Waals surface area contributed by atoms with Crippen molar-refractivity contribution in [2.45, 2.75) is 19.9 Å². The molecule has 0 unspecified atom stereocenters. The number of thiophene rings is 1. The minimum Gasteiger partial charge on any atom is -0.354 e. The van der Waals surface area contributed by atoms with E-state index in [1.165, 1.54) is 22.2 Å². The molecule has 0 aliphatic rings. The Labute approximate surface area is 183 Å². The molecule has 0 saturated heterocycles. The normalized spacial score (nSPS) is 11.0. The van der Waals surface area contributed by atoms with Gasteiger partial charge in [0.25, 0.3) is 5.56 Å². The van der Waals surface area contributed by atoms with Crippen LogP contribution in [-0.2, 0) is 17.8 Å². The summed E-state index contributed by atoms with van der Waals surface area (Å²) in [6, 6.07) is 17.5. The topological polar surface area (TPSA) is 64.0 Å². The summed E-state index contributed by atoms with van der Waals surface area (Å²) in [4.78, 5) is 31.5. The van der Waals surface area contributed by atoms with Crippen molar-refractivity contribution in [1.82, 2.24) is 14.9 Å². The van der Waals surface area contributed by atoms with E-state index in [-0.39, 0.29) is 18.0 Å². The van der Waals surface area contributed by atoms with Crippen molar-refractivity contribution in [2.75, 3.05) is 6.54 Å². The number of benzene rings is 2. The van der Waals surface area contributed by atoms with E-state index < -0.39 is 0 Å². The predicted molar refractivity (Wildman–Crippen MR) is 122 cm³/mol. The van der Waals surface area contributed by atoms with Crippen molar-refractivity contribution in [3.63, 3.8) is 0 Å². The van der Waals surface area contributed by atoms with Crippen molar-refractivity contribution < 1.29 is 4.79 Å². The van der Waals surface area contributed by atoms with Gasteiger partial charge in [-0.25, -0.2) is 4.98 Å². The Hall–Kier alpha value is -2.96. The van der Waals surface area contributed by atoms with Crippen molar-refractivity contribution in [3.8, 4) is 10.4 Å². The molecule has 152 valence electrons. The highest BCUT2D eigenvalue weighted by Crippen LogP contribution is 2.35. The lowest BCUT2D eigenvalue weighted by atomic mass is 10.1. The summed E-state index contributed by atoms with van der Waals surface area (Å²) in [5, 5.41) is 4.10. The lowest BCUT2D eigenvalue weighted by molar-refractivity contribution is -0.121. The van der Waals surface area contributed by atoms with Crippen molar-refractivity contribution in [1.29, 1.82) is 0 Å². The van der Waals surface area contributed by atoms with E-state index in [2.05, 4.69) is 10.3 Å². The Morgan fingerprint density at radius 3 is 2.73 bits per heavy atom. The van der Waals surface area contributed by atoms with E-state index in [0.29, 0.717) is 28.2 Å². The van der Waals surface area contributed by atoms with Crippen molar-refractivity contribution >= 4 is 39.1 Å². The number of fused-ring (bicyclic) bond motifs is 1. The SMILES string of the molecule is Cc1c(-c2ccccc2)sc2ncn(CC(=O)NCCc3cccc(Cl)c3)c(=O)c12. The standard InChI is InChI=1S/C23H20ClN3O2S/c1-15-20-22(30-21(15)17-7-3-2-4-8-17)26-14-27(23(20)29)13-19(28)25-11-10-16-6-5-9-18(24)12-16/h2-9,12,14H,10-11,13H2,1H3,(H,25,28). The number of carbonyl (C=O) groups is 1. The van der Waals surface area contributed by atoms with Crippen LogP contribution in [0.5, 0.6) is 0 Å². The highest BCUT2D eigenvalue weighted by atomic mass is 35.5. The smallest absolute Gasteiger partial charge is 0.262 e. The number of hydrogen-bond donors (Lipinski definition) is 1. The van der Waals surface area contributed by atoms with Gasteiger partial charge in [-0.2, -0.15) is 0 Å². The second-order valence-corrected chi connectivity index (χ2v) is 8.45. The molecule has 0 bridgehead atoms. The molecular weight excluding hydrogens is 418 g/mol.